The fourth-order valence-electron chi connectivity index (χ4n) is 2.92. The van der Waals surface area contributed by atoms with Crippen LogP contribution in [-0.2, 0) is 32.0 Å². The third kappa shape index (κ3) is 22.8. The number of ether oxygens (including phenoxy) is 1. The number of nitriles is 1. The van der Waals surface area contributed by atoms with Gasteiger partial charge in [-0.25, -0.2) is 15.0 Å². The fraction of sp³-hybridized carbons (Fsp3) is 0.423. The summed E-state index contributed by atoms with van der Waals surface area (Å²) >= 11 is 8.71. The Morgan fingerprint density at radius 1 is 0.782 bits per heavy atom. The van der Waals surface area contributed by atoms with E-state index in [-0.39, 0.29) is 30.1 Å². The van der Waals surface area contributed by atoms with Crippen LogP contribution in [0.4, 0.5) is 28.6 Å². The second-order valence-electron chi connectivity index (χ2n) is 9.67. The smallest absolute Gasteiger partial charge is 0.484 e. The number of hydrogen-bond donors (Lipinski definition) is 8. The number of aromatic nitrogens is 3. The van der Waals surface area contributed by atoms with Crippen LogP contribution in [-0.4, -0.2) is 82.9 Å². The maximum absolute atomic E-state index is 12.1. The first-order valence-electron chi connectivity index (χ1n) is 14.8. The molecule has 3 aromatic heterocycles. The zero-order valence-corrected chi connectivity index (χ0v) is 34.6. The topological polar surface area (TPSA) is 361 Å². The SMILES string of the molecule is COC(=N)CCSCc1csc(N=C(N)N)n1.N#CCCSCc1csc(N=C(N)N)n1.NC(N)=Nc1nc(CSCCC(N)=NS(=O)(=O)C(F)(F)F)cs1. The molecule has 0 atom stereocenters. The molecule has 0 radical (unpaired) electrons. The number of aliphatic imine (C=N–C) groups is 3. The maximum atomic E-state index is 12.1. The van der Waals surface area contributed by atoms with Crippen LogP contribution in [0.25, 0.3) is 0 Å². The zero-order valence-electron chi connectivity index (χ0n) is 28.9. The number of rotatable bonds is 18. The van der Waals surface area contributed by atoms with Crippen LogP contribution in [0.3, 0.4) is 0 Å². The number of halogens is 3. The number of thiazole rings is 3. The van der Waals surface area contributed by atoms with Crippen molar-refractivity contribution in [3.63, 3.8) is 0 Å². The highest BCUT2D eigenvalue weighted by molar-refractivity contribution is 7.99. The third-order valence-corrected chi connectivity index (χ3v) is 11.5. The molecular weight excluding hydrogens is 866 g/mol. The minimum Gasteiger partial charge on any atom is -0.484 e. The number of nitrogens with zero attached hydrogens (tertiary/aromatic N) is 8. The lowest BCUT2D eigenvalue weighted by atomic mass is 10.5. The van der Waals surface area contributed by atoms with E-state index in [1.165, 1.54) is 52.9 Å². The van der Waals surface area contributed by atoms with Crippen LogP contribution >= 0.6 is 69.3 Å². The summed E-state index contributed by atoms with van der Waals surface area (Å²) < 4.78 is 65.1. The van der Waals surface area contributed by atoms with E-state index in [1.54, 1.807) is 28.9 Å². The average molecular weight is 905 g/mol. The Morgan fingerprint density at radius 2 is 1.16 bits per heavy atom. The number of guanidine groups is 3. The van der Waals surface area contributed by atoms with Crippen molar-refractivity contribution in [1.29, 1.82) is 10.7 Å². The number of methoxy groups -OCH3 is 1. The first kappa shape index (κ1) is 48.9. The van der Waals surface area contributed by atoms with Crippen molar-refractivity contribution in [2.45, 2.75) is 42.0 Å². The first-order chi connectivity index (χ1) is 25.8. The minimum atomic E-state index is -5.59. The van der Waals surface area contributed by atoms with Crippen molar-refractivity contribution in [3.05, 3.63) is 33.2 Å². The minimum absolute atomic E-state index is 0.0205. The van der Waals surface area contributed by atoms with Crippen LogP contribution in [0.2, 0.25) is 0 Å². The van der Waals surface area contributed by atoms with Gasteiger partial charge < -0.3 is 44.9 Å². The average Bonchev–Trinajstić information content (AvgIpc) is 3.84. The molecule has 0 aliphatic rings. The molecule has 0 bridgehead atoms. The molecule has 0 aliphatic carbocycles. The summed E-state index contributed by atoms with van der Waals surface area (Å²) in [6.45, 7) is 0. The van der Waals surface area contributed by atoms with Gasteiger partial charge in [0.05, 0.1) is 30.3 Å². The predicted molar refractivity (Wildman–Crippen MR) is 222 cm³/mol. The highest BCUT2D eigenvalue weighted by atomic mass is 32.2. The van der Waals surface area contributed by atoms with E-state index in [2.05, 4.69) is 40.4 Å². The molecule has 15 N–H and O–H groups in total. The predicted octanol–water partition coefficient (Wildman–Crippen LogP) is 3.37. The van der Waals surface area contributed by atoms with Crippen molar-refractivity contribution in [2.75, 3.05) is 24.4 Å². The van der Waals surface area contributed by atoms with Gasteiger partial charge in [-0.1, -0.05) is 0 Å². The number of nitrogens with one attached hydrogen (secondary N) is 1. The van der Waals surface area contributed by atoms with E-state index < -0.39 is 21.4 Å². The Balaban J connectivity index is 0.000000424. The third-order valence-electron chi connectivity index (χ3n) is 5.15. The van der Waals surface area contributed by atoms with E-state index in [4.69, 9.17) is 55.5 Å². The molecule has 0 aliphatic heterocycles. The standard InChI is InChI=1S/C9H13F3N6O2S3.C9H15N5OS2.C8H11N5S2/c10-9(11,12)23(19,20)18-6(13)1-2-21-3-5-4-22-8(16-5)17-7(14)15;1-15-7(10)2-3-16-4-6-5-17-9(13-6)14-8(11)12;9-2-1-3-14-4-6-5-15-8(12-6)13-7(10)11/h4H,1-3H2,(H2,13,18)(H4,14,15,16,17);5,10H,2-4H2,1H3,(H4,11,12,13,14);5H,1,3-4H2,(H4,10,11,12,13). The van der Waals surface area contributed by atoms with Gasteiger partial charge >= 0.3 is 15.5 Å². The molecule has 0 amide bonds. The summed E-state index contributed by atoms with van der Waals surface area (Å²) in [6.07, 6.45) is 1.09. The Bertz CT molecular complexity index is 1890. The molecule has 0 aromatic carbocycles. The van der Waals surface area contributed by atoms with Gasteiger partial charge in [0.15, 0.2) is 23.8 Å². The monoisotopic (exact) mass is 904 g/mol. The molecule has 0 saturated heterocycles. The maximum Gasteiger partial charge on any atom is 0.518 e. The zero-order chi connectivity index (χ0) is 41.4. The molecule has 304 valence electrons. The molecule has 29 heteroatoms. The molecule has 0 saturated carbocycles. The van der Waals surface area contributed by atoms with Crippen LogP contribution in [0.15, 0.2) is 35.5 Å². The fourth-order valence-corrected chi connectivity index (χ4v) is 8.28. The Hall–Kier alpha value is -4.08. The second kappa shape index (κ2) is 25.9. The summed E-state index contributed by atoms with van der Waals surface area (Å²) in [4.78, 5) is 24.0. The van der Waals surface area contributed by atoms with E-state index >= 15 is 0 Å². The van der Waals surface area contributed by atoms with Crippen molar-refractivity contribution in [3.8, 4) is 6.07 Å². The van der Waals surface area contributed by atoms with Crippen molar-refractivity contribution < 1.29 is 26.3 Å². The molecule has 3 heterocycles. The Labute approximate surface area is 339 Å². The van der Waals surface area contributed by atoms with E-state index in [0.29, 0.717) is 45.6 Å². The number of sulfonamides is 1. The quantitative estimate of drug-likeness (QED) is 0.0515. The lowest BCUT2D eigenvalue weighted by molar-refractivity contribution is -0.0435. The Morgan fingerprint density at radius 3 is 1.51 bits per heavy atom. The van der Waals surface area contributed by atoms with Gasteiger partial charge in [-0.05, 0) is 0 Å². The number of hydrogen-bond acceptors (Lipinski definition) is 17. The number of thioether (sulfide) groups is 3. The van der Waals surface area contributed by atoms with E-state index in [0.717, 1.165) is 34.4 Å². The largest absolute Gasteiger partial charge is 0.518 e. The lowest BCUT2D eigenvalue weighted by Gasteiger charge is -2.04. The molecule has 19 nitrogen and oxygen atoms in total. The van der Waals surface area contributed by atoms with Gasteiger partial charge in [0, 0.05) is 69.9 Å². The van der Waals surface area contributed by atoms with Crippen LogP contribution < -0.4 is 40.1 Å². The van der Waals surface area contributed by atoms with E-state index in [1.807, 2.05) is 10.8 Å². The van der Waals surface area contributed by atoms with Gasteiger partial charge in [-0.15, -0.1) is 38.4 Å². The summed E-state index contributed by atoms with van der Waals surface area (Å²) in [6, 6.07) is 2.09. The van der Waals surface area contributed by atoms with Gasteiger partial charge in [0.2, 0.25) is 15.4 Å². The summed E-state index contributed by atoms with van der Waals surface area (Å²) in [7, 11) is -4.08. The molecule has 3 rings (SSSR count). The summed E-state index contributed by atoms with van der Waals surface area (Å²) in [5.74, 6) is 3.58. The molecule has 3 aromatic rings. The number of amidine groups is 1. The molecular formula is C26H39F3N16O3S7. The molecule has 0 fully saturated rings. The van der Waals surface area contributed by atoms with Crippen LogP contribution in [0.1, 0.15) is 36.3 Å². The molecule has 55 heavy (non-hydrogen) atoms. The van der Waals surface area contributed by atoms with Crippen LogP contribution in [0, 0.1) is 16.7 Å². The summed E-state index contributed by atoms with van der Waals surface area (Å²) in [5.41, 5.74) is 33.7. The normalized spacial score (nSPS) is 11.1. The van der Waals surface area contributed by atoms with Crippen molar-refractivity contribution in [2.24, 2.45) is 59.5 Å². The highest BCUT2D eigenvalue weighted by Crippen LogP contribution is 2.26. The summed E-state index contributed by atoms with van der Waals surface area (Å²) in [5, 5.41) is 22.8. The lowest BCUT2D eigenvalue weighted by Crippen LogP contribution is -2.25. The molecule has 0 spiro atoms. The van der Waals surface area contributed by atoms with Crippen molar-refractivity contribution >= 4 is 124 Å². The van der Waals surface area contributed by atoms with Crippen molar-refractivity contribution in [1.82, 2.24) is 15.0 Å². The number of alkyl halides is 3. The Kier molecular flexibility index (Phi) is 23.0. The van der Waals surface area contributed by atoms with Gasteiger partial charge in [-0.3, -0.25) is 5.41 Å². The number of nitrogens with two attached hydrogens (primary N) is 7. The van der Waals surface area contributed by atoms with E-state index in [9.17, 15) is 21.6 Å². The first-order valence-corrected chi connectivity index (χ1v) is 22.4. The van der Waals surface area contributed by atoms with Crippen LogP contribution in [0.5, 0.6) is 0 Å². The second-order valence-corrected chi connectivity index (χ2v) is 17.1. The molecule has 0 unspecified atom stereocenters. The van der Waals surface area contributed by atoms with Gasteiger partial charge in [0.1, 0.15) is 5.84 Å². The van der Waals surface area contributed by atoms with Gasteiger partial charge in [-0.2, -0.15) is 77.1 Å². The highest BCUT2D eigenvalue weighted by Gasteiger charge is 2.46. The van der Waals surface area contributed by atoms with Gasteiger partial charge in [0.25, 0.3) is 0 Å².